The van der Waals surface area contributed by atoms with E-state index < -0.39 is 0 Å². The Balaban J connectivity index is 1.87. The summed E-state index contributed by atoms with van der Waals surface area (Å²) < 4.78 is 11.0. The number of nitrogens with two attached hydrogens (primary N) is 1. The highest BCUT2D eigenvalue weighted by atomic mass is 16.5. The van der Waals surface area contributed by atoms with Crippen molar-refractivity contribution in [3.8, 4) is 5.88 Å². The number of hydrazine groups is 1. The van der Waals surface area contributed by atoms with Crippen molar-refractivity contribution >= 4 is 5.82 Å². The number of nitrogens with zero attached hydrogens (tertiary/aromatic N) is 3. The Hall–Kier alpha value is -1.44. The Morgan fingerprint density at radius 3 is 2.90 bits per heavy atom. The van der Waals surface area contributed by atoms with Gasteiger partial charge in [0.05, 0.1) is 0 Å². The standard InChI is InChI=1S/C13H23N5O2/c1-3-19-9-12-15-11(17-14)8-13(16-12)20-7-6-18(2)10-4-5-10/h8,10H,3-7,9,14H2,1-2H3,(H,15,16,17). The van der Waals surface area contributed by atoms with Crippen LogP contribution in [0.15, 0.2) is 6.07 Å². The molecule has 3 N–H and O–H groups in total. The van der Waals surface area contributed by atoms with Crippen LogP contribution in [-0.4, -0.2) is 47.7 Å². The highest BCUT2D eigenvalue weighted by Gasteiger charge is 2.25. The quantitative estimate of drug-likeness (QED) is 0.511. The molecule has 2 rings (SSSR count). The van der Waals surface area contributed by atoms with Gasteiger partial charge in [0.15, 0.2) is 5.82 Å². The van der Waals surface area contributed by atoms with Crippen LogP contribution in [0.5, 0.6) is 5.88 Å². The minimum Gasteiger partial charge on any atom is -0.476 e. The minimum atomic E-state index is 0.352. The third kappa shape index (κ3) is 4.59. The molecule has 1 aliphatic carbocycles. The number of aromatic nitrogens is 2. The Morgan fingerprint density at radius 2 is 2.25 bits per heavy atom. The van der Waals surface area contributed by atoms with Crippen molar-refractivity contribution in [2.75, 3.05) is 32.2 Å². The van der Waals surface area contributed by atoms with Gasteiger partial charge in [0.25, 0.3) is 0 Å². The average Bonchev–Trinajstić information content (AvgIpc) is 3.29. The molecule has 0 spiro atoms. The fourth-order valence-corrected chi connectivity index (χ4v) is 1.87. The molecule has 1 aromatic heterocycles. The molecule has 7 heteroatoms. The first-order chi connectivity index (χ1) is 9.72. The molecule has 0 unspecified atom stereocenters. The Bertz CT molecular complexity index is 425. The first kappa shape index (κ1) is 15.0. The number of likely N-dealkylation sites (N-methyl/N-ethyl adjacent to an activating group) is 1. The summed E-state index contributed by atoms with van der Waals surface area (Å²) >= 11 is 0. The van der Waals surface area contributed by atoms with Gasteiger partial charge >= 0.3 is 0 Å². The maximum Gasteiger partial charge on any atom is 0.218 e. The van der Waals surface area contributed by atoms with E-state index in [1.807, 2.05) is 6.92 Å². The number of nitrogens with one attached hydrogen (secondary N) is 1. The summed E-state index contributed by atoms with van der Waals surface area (Å²) in [5.74, 6) is 7.01. The van der Waals surface area contributed by atoms with Crippen LogP contribution in [0.2, 0.25) is 0 Å². The summed E-state index contributed by atoms with van der Waals surface area (Å²) in [6.45, 7) is 4.38. The smallest absolute Gasteiger partial charge is 0.218 e. The van der Waals surface area contributed by atoms with Crippen molar-refractivity contribution in [3.05, 3.63) is 11.9 Å². The summed E-state index contributed by atoms with van der Waals surface area (Å²) in [4.78, 5) is 10.8. The van der Waals surface area contributed by atoms with E-state index in [9.17, 15) is 0 Å². The maximum absolute atomic E-state index is 5.67. The molecular weight excluding hydrogens is 258 g/mol. The van der Waals surface area contributed by atoms with Crippen LogP contribution in [-0.2, 0) is 11.3 Å². The number of hydrogen-bond acceptors (Lipinski definition) is 7. The lowest BCUT2D eigenvalue weighted by Gasteiger charge is -2.16. The number of rotatable bonds is 9. The number of nitrogen functional groups attached to an aromatic ring is 1. The summed E-state index contributed by atoms with van der Waals surface area (Å²) in [7, 11) is 2.12. The van der Waals surface area contributed by atoms with Crippen LogP contribution < -0.4 is 16.0 Å². The fourth-order valence-electron chi connectivity index (χ4n) is 1.87. The molecule has 0 saturated heterocycles. The molecule has 0 aromatic carbocycles. The van der Waals surface area contributed by atoms with Crippen LogP contribution in [0.25, 0.3) is 0 Å². The van der Waals surface area contributed by atoms with Gasteiger partial charge in [-0.25, -0.2) is 10.8 Å². The number of anilines is 1. The second-order valence-corrected chi connectivity index (χ2v) is 4.85. The van der Waals surface area contributed by atoms with Crippen molar-refractivity contribution in [2.24, 2.45) is 5.84 Å². The lowest BCUT2D eigenvalue weighted by molar-refractivity contribution is 0.127. The number of ether oxygens (including phenoxy) is 2. The third-order valence-corrected chi connectivity index (χ3v) is 3.20. The van der Waals surface area contributed by atoms with Crippen molar-refractivity contribution in [1.29, 1.82) is 0 Å². The molecule has 0 aliphatic heterocycles. The Labute approximate surface area is 119 Å². The predicted octanol–water partition coefficient (Wildman–Crippen LogP) is 0.772. The van der Waals surface area contributed by atoms with Gasteiger partial charge in [-0.2, -0.15) is 4.98 Å². The third-order valence-electron chi connectivity index (χ3n) is 3.20. The molecule has 1 heterocycles. The first-order valence-electron chi connectivity index (χ1n) is 6.98. The van der Waals surface area contributed by atoms with E-state index in [0.717, 1.165) is 12.6 Å². The molecule has 1 aliphatic rings. The van der Waals surface area contributed by atoms with E-state index in [2.05, 4.69) is 27.3 Å². The second-order valence-electron chi connectivity index (χ2n) is 4.85. The summed E-state index contributed by atoms with van der Waals surface area (Å²) in [5.41, 5.74) is 2.51. The zero-order valence-corrected chi connectivity index (χ0v) is 12.1. The van der Waals surface area contributed by atoms with E-state index in [-0.39, 0.29) is 0 Å². The van der Waals surface area contributed by atoms with Crippen molar-refractivity contribution in [2.45, 2.75) is 32.4 Å². The second kappa shape index (κ2) is 7.37. The van der Waals surface area contributed by atoms with E-state index >= 15 is 0 Å². The molecule has 112 valence electrons. The normalized spacial score (nSPS) is 14.6. The Morgan fingerprint density at radius 1 is 1.45 bits per heavy atom. The van der Waals surface area contributed by atoms with Gasteiger partial charge in [0.2, 0.25) is 5.88 Å². The van der Waals surface area contributed by atoms with E-state index in [1.54, 1.807) is 6.07 Å². The minimum absolute atomic E-state index is 0.352. The lowest BCUT2D eigenvalue weighted by atomic mass is 10.5. The SMILES string of the molecule is CCOCc1nc(NN)cc(OCCN(C)C2CC2)n1. The Kier molecular flexibility index (Phi) is 5.51. The summed E-state index contributed by atoms with van der Waals surface area (Å²) in [5, 5.41) is 0. The monoisotopic (exact) mass is 281 g/mol. The fraction of sp³-hybridized carbons (Fsp3) is 0.692. The molecule has 0 radical (unpaired) electrons. The molecule has 1 fully saturated rings. The van der Waals surface area contributed by atoms with E-state index in [1.165, 1.54) is 12.8 Å². The van der Waals surface area contributed by atoms with Gasteiger partial charge in [0.1, 0.15) is 19.0 Å². The van der Waals surface area contributed by atoms with Crippen molar-refractivity contribution in [3.63, 3.8) is 0 Å². The van der Waals surface area contributed by atoms with Gasteiger partial charge in [-0.1, -0.05) is 0 Å². The van der Waals surface area contributed by atoms with Gasteiger partial charge < -0.3 is 19.8 Å². The van der Waals surface area contributed by atoms with Crippen LogP contribution in [0.3, 0.4) is 0 Å². The molecule has 7 nitrogen and oxygen atoms in total. The van der Waals surface area contributed by atoms with Crippen LogP contribution >= 0.6 is 0 Å². The lowest BCUT2D eigenvalue weighted by Crippen LogP contribution is -2.26. The van der Waals surface area contributed by atoms with Crippen LogP contribution in [0, 0.1) is 0 Å². The maximum atomic E-state index is 5.67. The topological polar surface area (TPSA) is 85.5 Å². The van der Waals surface area contributed by atoms with E-state index in [4.69, 9.17) is 15.3 Å². The first-order valence-corrected chi connectivity index (χ1v) is 6.98. The number of hydrogen-bond donors (Lipinski definition) is 2. The molecule has 0 amide bonds. The van der Waals surface area contributed by atoms with Crippen LogP contribution in [0.4, 0.5) is 5.82 Å². The average molecular weight is 281 g/mol. The predicted molar refractivity (Wildman–Crippen MR) is 76.3 cm³/mol. The van der Waals surface area contributed by atoms with Gasteiger partial charge in [-0.15, -0.1) is 0 Å². The van der Waals surface area contributed by atoms with Gasteiger partial charge in [0, 0.05) is 25.3 Å². The molecule has 1 aromatic rings. The zero-order chi connectivity index (χ0) is 14.4. The summed E-state index contributed by atoms with van der Waals surface area (Å²) in [6.07, 6.45) is 2.59. The highest BCUT2D eigenvalue weighted by Crippen LogP contribution is 2.24. The largest absolute Gasteiger partial charge is 0.476 e. The molecule has 0 bridgehead atoms. The van der Waals surface area contributed by atoms with Crippen LogP contribution in [0.1, 0.15) is 25.6 Å². The molecule has 0 atom stereocenters. The van der Waals surface area contributed by atoms with Crippen molar-refractivity contribution < 1.29 is 9.47 Å². The highest BCUT2D eigenvalue weighted by molar-refractivity contribution is 5.36. The zero-order valence-electron chi connectivity index (χ0n) is 12.1. The molecular formula is C13H23N5O2. The van der Waals surface area contributed by atoms with Gasteiger partial charge in [-0.05, 0) is 26.8 Å². The summed E-state index contributed by atoms with van der Waals surface area (Å²) in [6, 6.07) is 2.42. The van der Waals surface area contributed by atoms with Gasteiger partial charge in [-0.3, -0.25) is 0 Å². The van der Waals surface area contributed by atoms with Crippen molar-refractivity contribution in [1.82, 2.24) is 14.9 Å². The molecule has 20 heavy (non-hydrogen) atoms. The molecule has 1 saturated carbocycles. The van der Waals surface area contributed by atoms with E-state index in [0.29, 0.717) is 37.3 Å².